The van der Waals surface area contributed by atoms with Crippen molar-refractivity contribution in [2.45, 2.75) is 19.9 Å². The van der Waals surface area contributed by atoms with Crippen LogP contribution >= 0.6 is 0 Å². The van der Waals surface area contributed by atoms with E-state index in [-0.39, 0.29) is 11.6 Å². The first-order chi connectivity index (χ1) is 10.2. The number of rotatable bonds is 6. The van der Waals surface area contributed by atoms with Crippen LogP contribution in [-0.2, 0) is 9.53 Å². The number of esters is 1. The van der Waals surface area contributed by atoms with Crippen molar-refractivity contribution in [1.29, 1.82) is 0 Å². The second kappa shape index (κ2) is 6.78. The Morgan fingerprint density at radius 3 is 2.18 bits per heavy atom. The fourth-order valence-corrected chi connectivity index (χ4v) is 1.75. The number of nitrogens with zero attached hydrogens (tertiary/aromatic N) is 2. The largest absolute Gasteiger partial charge is 0.467 e. The Hall–Kier alpha value is -2.78. The molecule has 22 heavy (non-hydrogen) atoms. The zero-order valence-corrected chi connectivity index (χ0v) is 12.0. The molecule has 0 aromatic heterocycles. The van der Waals surface area contributed by atoms with Gasteiger partial charge in [-0.2, -0.15) is 4.39 Å². The van der Waals surface area contributed by atoms with E-state index in [1.807, 2.05) is 0 Å². The third kappa shape index (κ3) is 3.65. The number of carbonyl (C=O) groups is 1. The third-order valence-corrected chi connectivity index (χ3v) is 2.89. The summed E-state index contributed by atoms with van der Waals surface area (Å²) in [6.07, 6.45) is 0. The molecular formula is C12H14FN3O6. The molecule has 120 valence electrons. The lowest BCUT2D eigenvalue weighted by atomic mass is 10.0. The number of benzene rings is 1. The first kappa shape index (κ1) is 17.3. The molecule has 10 heteroatoms. The van der Waals surface area contributed by atoms with Gasteiger partial charge >= 0.3 is 11.7 Å². The van der Waals surface area contributed by atoms with E-state index in [2.05, 4.69) is 10.1 Å². The molecule has 1 aromatic carbocycles. The fraction of sp³-hybridized carbons (Fsp3) is 0.417. The number of ether oxygens (including phenoxy) is 1. The van der Waals surface area contributed by atoms with Crippen LogP contribution in [0.1, 0.15) is 13.8 Å². The van der Waals surface area contributed by atoms with Crippen LogP contribution in [0.25, 0.3) is 0 Å². The van der Waals surface area contributed by atoms with Gasteiger partial charge in [0.2, 0.25) is 5.82 Å². The minimum absolute atomic E-state index is 0.315. The molecule has 1 atom stereocenters. The normalized spacial score (nSPS) is 11.9. The molecule has 0 aliphatic heterocycles. The zero-order valence-electron chi connectivity index (χ0n) is 12.0. The Morgan fingerprint density at radius 1 is 1.23 bits per heavy atom. The van der Waals surface area contributed by atoms with E-state index in [1.165, 1.54) is 0 Å². The number of nitro groups is 2. The number of halogens is 1. The zero-order chi connectivity index (χ0) is 17.0. The van der Waals surface area contributed by atoms with Gasteiger partial charge in [0.05, 0.1) is 23.0 Å². The molecule has 0 unspecified atom stereocenters. The molecule has 0 aliphatic rings. The van der Waals surface area contributed by atoms with Gasteiger partial charge in [-0.05, 0) is 5.92 Å². The number of anilines is 1. The van der Waals surface area contributed by atoms with Gasteiger partial charge < -0.3 is 10.1 Å². The highest BCUT2D eigenvalue weighted by Crippen LogP contribution is 2.32. The fourth-order valence-electron chi connectivity index (χ4n) is 1.75. The average molecular weight is 315 g/mol. The van der Waals surface area contributed by atoms with Gasteiger partial charge in [0.1, 0.15) is 11.7 Å². The summed E-state index contributed by atoms with van der Waals surface area (Å²) in [4.78, 5) is 31.3. The van der Waals surface area contributed by atoms with E-state index >= 15 is 0 Å². The van der Waals surface area contributed by atoms with Gasteiger partial charge in [-0.25, -0.2) is 4.79 Å². The van der Waals surface area contributed by atoms with Crippen LogP contribution in [0.5, 0.6) is 0 Å². The van der Waals surface area contributed by atoms with Gasteiger partial charge in [-0.3, -0.25) is 20.2 Å². The highest BCUT2D eigenvalue weighted by molar-refractivity contribution is 5.81. The van der Waals surface area contributed by atoms with Crippen molar-refractivity contribution in [3.05, 3.63) is 38.2 Å². The molecule has 0 saturated heterocycles. The molecule has 0 fully saturated rings. The van der Waals surface area contributed by atoms with Crippen LogP contribution in [-0.4, -0.2) is 29.0 Å². The van der Waals surface area contributed by atoms with Crippen LogP contribution in [0.2, 0.25) is 0 Å². The highest BCUT2D eigenvalue weighted by Gasteiger charge is 2.29. The van der Waals surface area contributed by atoms with Crippen LogP contribution < -0.4 is 5.32 Å². The summed E-state index contributed by atoms with van der Waals surface area (Å²) in [5.74, 6) is -2.25. The molecule has 1 N–H and O–H groups in total. The van der Waals surface area contributed by atoms with Crippen LogP contribution in [0.4, 0.5) is 21.5 Å². The number of hydrogen-bond donors (Lipinski definition) is 1. The summed E-state index contributed by atoms with van der Waals surface area (Å²) >= 11 is 0. The Balaban J connectivity index is 3.34. The quantitative estimate of drug-likeness (QED) is 0.485. The molecule has 0 bridgehead atoms. The third-order valence-electron chi connectivity index (χ3n) is 2.89. The van der Waals surface area contributed by atoms with Crippen molar-refractivity contribution in [3.8, 4) is 0 Å². The SMILES string of the molecule is COC(=O)[C@@H](Nc1cc(F)c([N+](=O)[O-])cc1[N+](=O)[O-])C(C)C. The van der Waals surface area contributed by atoms with Crippen molar-refractivity contribution in [3.63, 3.8) is 0 Å². The molecule has 1 rings (SSSR count). The lowest BCUT2D eigenvalue weighted by molar-refractivity contribution is -0.395. The standard InChI is InChI=1S/C12H14FN3O6/c1-6(2)11(12(17)22-3)14-8-4-7(13)9(15(18)19)5-10(8)16(20)21/h4-6,11,14H,1-3H3/t11-/m0/s1. The van der Waals surface area contributed by atoms with E-state index in [9.17, 15) is 29.4 Å². The van der Waals surface area contributed by atoms with Crippen LogP contribution in [0.3, 0.4) is 0 Å². The molecule has 1 aromatic rings. The Morgan fingerprint density at radius 2 is 1.77 bits per heavy atom. The Labute approximate surface area is 124 Å². The maximum atomic E-state index is 13.7. The smallest absolute Gasteiger partial charge is 0.328 e. The van der Waals surface area contributed by atoms with E-state index in [1.54, 1.807) is 13.8 Å². The van der Waals surface area contributed by atoms with E-state index in [0.717, 1.165) is 7.11 Å². The van der Waals surface area contributed by atoms with Gasteiger partial charge in [0.15, 0.2) is 0 Å². The number of methoxy groups -OCH3 is 1. The van der Waals surface area contributed by atoms with Crippen LogP contribution in [0.15, 0.2) is 12.1 Å². The van der Waals surface area contributed by atoms with Crippen molar-refractivity contribution in [1.82, 2.24) is 0 Å². The molecule has 0 aliphatic carbocycles. The topological polar surface area (TPSA) is 125 Å². The van der Waals surface area contributed by atoms with Crippen molar-refractivity contribution in [2.75, 3.05) is 12.4 Å². The first-order valence-electron chi connectivity index (χ1n) is 6.15. The second-order valence-corrected chi connectivity index (χ2v) is 4.72. The van der Waals surface area contributed by atoms with Crippen LogP contribution in [0, 0.1) is 32.0 Å². The van der Waals surface area contributed by atoms with E-state index < -0.39 is 39.0 Å². The van der Waals surface area contributed by atoms with E-state index in [0.29, 0.717) is 12.1 Å². The molecule has 0 amide bonds. The second-order valence-electron chi connectivity index (χ2n) is 4.72. The Bertz CT molecular complexity index is 619. The number of nitro benzene ring substituents is 2. The predicted octanol–water partition coefficient (Wildman–Crippen LogP) is 2.25. The van der Waals surface area contributed by atoms with Gasteiger partial charge in [0, 0.05) is 6.07 Å². The van der Waals surface area contributed by atoms with Crippen molar-refractivity contribution < 1.29 is 23.8 Å². The number of carbonyl (C=O) groups excluding carboxylic acids is 1. The maximum absolute atomic E-state index is 13.7. The summed E-state index contributed by atoms with van der Waals surface area (Å²) < 4.78 is 18.2. The summed E-state index contributed by atoms with van der Waals surface area (Å²) in [5.41, 5.74) is -2.06. The van der Waals surface area contributed by atoms with Gasteiger partial charge in [-0.15, -0.1) is 0 Å². The maximum Gasteiger partial charge on any atom is 0.328 e. The molecule has 9 nitrogen and oxygen atoms in total. The number of nitrogens with one attached hydrogen (secondary N) is 1. The lowest BCUT2D eigenvalue weighted by Gasteiger charge is -2.20. The molecular weight excluding hydrogens is 301 g/mol. The minimum atomic E-state index is -1.24. The summed E-state index contributed by atoms with van der Waals surface area (Å²) in [5, 5.41) is 24.2. The molecule has 0 spiro atoms. The van der Waals surface area contributed by atoms with E-state index in [4.69, 9.17) is 0 Å². The predicted molar refractivity (Wildman–Crippen MR) is 74.0 cm³/mol. The summed E-state index contributed by atoms with van der Waals surface area (Å²) in [7, 11) is 1.14. The first-order valence-corrected chi connectivity index (χ1v) is 6.15. The molecule has 0 radical (unpaired) electrons. The minimum Gasteiger partial charge on any atom is -0.467 e. The molecule has 0 heterocycles. The van der Waals surface area contributed by atoms with Gasteiger partial charge in [0.25, 0.3) is 5.69 Å². The van der Waals surface area contributed by atoms with Gasteiger partial charge in [-0.1, -0.05) is 13.8 Å². The summed E-state index contributed by atoms with van der Waals surface area (Å²) in [6.45, 7) is 3.31. The molecule has 0 saturated carbocycles. The lowest BCUT2D eigenvalue weighted by Crippen LogP contribution is -2.35. The Kier molecular flexibility index (Phi) is 5.33. The van der Waals surface area contributed by atoms with Crippen molar-refractivity contribution >= 4 is 23.0 Å². The summed E-state index contributed by atoms with van der Waals surface area (Å²) in [6, 6.07) is 0.158. The van der Waals surface area contributed by atoms with Crippen molar-refractivity contribution in [2.24, 2.45) is 5.92 Å². The monoisotopic (exact) mass is 315 g/mol. The highest BCUT2D eigenvalue weighted by atomic mass is 19.1. The number of hydrogen-bond acceptors (Lipinski definition) is 7. The average Bonchev–Trinajstić information content (AvgIpc) is 2.42.